The molecule has 0 radical (unpaired) electrons. The first-order chi connectivity index (χ1) is 9.27. The Morgan fingerprint density at radius 2 is 2.15 bits per heavy atom. The van der Waals surface area contributed by atoms with E-state index in [0.717, 1.165) is 11.2 Å². The van der Waals surface area contributed by atoms with E-state index in [1.165, 1.54) is 11.8 Å². The van der Waals surface area contributed by atoms with E-state index in [4.69, 9.17) is 10.2 Å². The molecule has 0 aromatic carbocycles. The third-order valence-corrected chi connectivity index (χ3v) is 5.50. The van der Waals surface area contributed by atoms with Gasteiger partial charge >= 0.3 is 12.0 Å². The van der Waals surface area contributed by atoms with Crippen LogP contribution in [0.1, 0.15) is 6.42 Å². The number of thioether (sulfide) groups is 1. The molecule has 0 saturated carbocycles. The maximum atomic E-state index is 12.0. The minimum atomic E-state index is -3.44. The summed E-state index contributed by atoms with van der Waals surface area (Å²) >= 11 is 1.43. The second-order valence-corrected chi connectivity index (χ2v) is 7.76. The minimum Gasteiger partial charge on any atom is -0.480 e. The molecule has 1 saturated heterocycles. The van der Waals surface area contributed by atoms with Gasteiger partial charge in [0.2, 0.25) is 0 Å². The molecule has 2 amide bonds. The van der Waals surface area contributed by atoms with E-state index in [1.807, 2.05) is 0 Å². The Balaban J connectivity index is 2.80. The van der Waals surface area contributed by atoms with E-state index in [1.54, 1.807) is 0 Å². The summed E-state index contributed by atoms with van der Waals surface area (Å²) < 4.78 is 23.3. The maximum absolute atomic E-state index is 12.0. The molecule has 0 aromatic rings. The van der Waals surface area contributed by atoms with Gasteiger partial charge in [0.1, 0.15) is 11.4 Å². The van der Waals surface area contributed by atoms with Gasteiger partial charge in [0.25, 0.3) is 0 Å². The van der Waals surface area contributed by atoms with E-state index in [2.05, 4.69) is 5.32 Å². The average molecular weight is 326 g/mol. The van der Waals surface area contributed by atoms with Crippen molar-refractivity contribution in [3.63, 3.8) is 0 Å². The monoisotopic (exact) mass is 326 g/mol. The summed E-state index contributed by atoms with van der Waals surface area (Å²) in [6, 6.07) is -1.97. The molecule has 8 nitrogen and oxygen atoms in total. The van der Waals surface area contributed by atoms with Crippen LogP contribution in [0.2, 0.25) is 0 Å². The molecule has 2 atom stereocenters. The predicted molar refractivity (Wildman–Crippen MR) is 74.3 cm³/mol. The number of amides is 2. The van der Waals surface area contributed by atoms with E-state index >= 15 is 0 Å². The molecule has 0 bridgehead atoms. The number of aliphatic hydroxyl groups is 1. The van der Waals surface area contributed by atoms with Crippen molar-refractivity contribution >= 4 is 33.6 Å². The summed E-state index contributed by atoms with van der Waals surface area (Å²) in [5.41, 5.74) is 0. The third-order valence-electron chi connectivity index (χ3n) is 2.85. The van der Waals surface area contributed by atoms with Crippen molar-refractivity contribution in [1.29, 1.82) is 0 Å². The maximum Gasteiger partial charge on any atom is 0.326 e. The second-order valence-electron chi connectivity index (χ2n) is 4.41. The van der Waals surface area contributed by atoms with Crippen molar-refractivity contribution in [2.24, 2.45) is 0 Å². The van der Waals surface area contributed by atoms with Crippen LogP contribution in [0, 0.1) is 0 Å². The molecule has 1 unspecified atom stereocenters. The van der Waals surface area contributed by atoms with E-state index < -0.39 is 33.3 Å². The number of carbonyl (C=O) groups excluding carboxylic acids is 1. The first kappa shape index (κ1) is 17.1. The third kappa shape index (κ3) is 4.53. The van der Waals surface area contributed by atoms with Gasteiger partial charge < -0.3 is 20.4 Å². The first-order valence-corrected chi connectivity index (χ1v) is 9.05. The molecule has 20 heavy (non-hydrogen) atoms. The summed E-state index contributed by atoms with van der Waals surface area (Å²) in [5, 5.41) is 19.0. The van der Waals surface area contributed by atoms with Gasteiger partial charge in [-0.1, -0.05) is 0 Å². The fraction of sp³-hybridized carbons (Fsp3) is 0.800. The second kappa shape index (κ2) is 7.14. The van der Waals surface area contributed by atoms with Crippen LogP contribution in [0.25, 0.3) is 0 Å². The molecule has 3 N–H and O–H groups in total. The standard InChI is InChI=1S/C10H18N2O6S2/c1-20(17,18)8-6-19-5-3-12(8)10(16)11-7(2-4-13)9(14)15/h7-8,13H,2-6H2,1H3,(H,11,16)(H,14,15)/t7-,8?/m0/s1. The Kier molecular flexibility index (Phi) is 6.08. The van der Waals surface area contributed by atoms with Gasteiger partial charge in [-0.25, -0.2) is 18.0 Å². The molecular formula is C10H18N2O6S2. The predicted octanol–water partition coefficient (Wildman–Crippen LogP) is -1.05. The Hall–Kier alpha value is -1.00. The quantitative estimate of drug-likeness (QED) is 0.589. The zero-order valence-corrected chi connectivity index (χ0v) is 12.6. The lowest BCUT2D eigenvalue weighted by atomic mass is 10.2. The summed E-state index contributed by atoms with van der Waals surface area (Å²) in [5.74, 6) is -0.407. The molecule has 1 aliphatic rings. The molecule has 0 spiro atoms. The highest BCUT2D eigenvalue weighted by Gasteiger charge is 2.35. The van der Waals surface area contributed by atoms with Crippen LogP contribution in [0.4, 0.5) is 4.79 Å². The Morgan fingerprint density at radius 1 is 1.50 bits per heavy atom. The SMILES string of the molecule is CS(=O)(=O)C1CSCCN1C(=O)N[C@@H](CCO)C(=O)O. The Labute approximate surface area is 121 Å². The van der Waals surface area contributed by atoms with Crippen molar-refractivity contribution in [1.82, 2.24) is 10.2 Å². The number of urea groups is 1. The van der Waals surface area contributed by atoms with Gasteiger partial charge in [0.15, 0.2) is 9.84 Å². The fourth-order valence-corrected chi connectivity index (χ4v) is 4.60. The molecule has 116 valence electrons. The van der Waals surface area contributed by atoms with Crippen LogP contribution in [-0.2, 0) is 14.6 Å². The average Bonchev–Trinajstić information content (AvgIpc) is 2.37. The highest BCUT2D eigenvalue weighted by atomic mass is 32.2. The lowest BCUT2D eigenvalue weighted by Crippen LogP contribution is -2.56. The fourth-order valence-electron chi connectivity index (χ4n) is 1.79. The number of aliphatic carboxylic acids is 1. The number of hydrogen-bond donors (Lipinski definition) is 3. The number of carboxylic acids is 1. The summed E-state index contributed by atoms with van der Waals surface area (Å²) in [6.45, 7) is -0.150. The van der Waals surface area contributed by atoms with Gasteiger partial charge in [-0.3, -0.25) is 0 Å². The lowest BCUT2D eigenvalue weighted by Gasteiger charge is -2.34. The van der Waals surface area contributed by atoms with Crippen LogP contribution in [0.3, 0.4) is 0 Å². The van der Waals surface area contributed by atoms with E-state index in [9.17, 15) is 18.0 Å². The van der Waals surface area contributed by atoms with Gasteiger partial charge in [0.05, 0.1) is 0 Å². The Bertz CT molecular complexity index is 466. The summed E-state index contributed by atoms with van der Waals surface area (Å²) in [6.07, 6.45) is 0.916. The number of sulfone groups is 1. The van der Waals surface area contributed by atoms with E-state index in [-0.39, 0.29) is 25.3 Å². The Morgan fingerprint density at radius 3 is 2.65 bits per heavy atom. The number of nitrogens with zero attached hydrogens (tertiary/aromatic N) is 1. The van der Waals surface area contributed by atoms with E-state index in [0.29, 0.717) is 5.75 Å². The molecule has 1 aliphatic heterocycles. The van der Waals surface area contributed by atoms with Gasteiger partial charge in [-0.15, -0.1) is 0 Å². The molecule has 1 fully saturated rings. The van der Waals surface area contributed by atoms with Crippen LogP contribution >= 0.6 is 11.8 Å². The molecular weight excluding hydrogens is 308 g/mol. The highest BCUT2D eigenvalue weighted by Crippen LogP contribution is 2.20. The first-order valence-electron chi connectivity index (χ1n) is 5.94. The molecule has 10 heteroatoms. The smallest absolute Gasteiger partial charge is 0.326 e. The summed E-state index contributed by atoms with van der Waals surface area (Å²) in [7, 11) is -3.44. The van der Waals surface area contributed by atoms with Crippen LogP contribution in [-0.4, -0.2) is 77.9 Å². The van der Waals surface area contributed by atoms with Crippen LogP contribution in [0.15, 0.2) is 0 Å². The lowest BCUT2D eigenvalue weighted by molar-refractivity contribution is -0.139. The number of carboxylic acid groups (broad SMARTS) is 1. The number of nitrogens with one attached hydrogen (secondary N) is 1. The van der Waals surface area contributed by atoms with Crippen molar-refractivity contribution < 1.29 is 28.2 Å². The van der Waals surface area contributed by atoms with Crippen molar-refractivity contribution in [2.45, 2.75) is 17.8 Å². The van der Waals surface area contributed by atoms with Crippen molar-refractivity contribution in [3.8, 4) is 0 Å². The van der Waals surface area contributed by atoms with Gasteiger partial charge in [0, 0.05) is 37.3 Å². The molecule has 1 rings (SSSR count). The minimum absolute atomic E-state index is 0.132. The topological polar surface area (TPSA) is 124 Å². The molecule has 0 aromatic heterocycles. The largest absolute Gasteiger partial charge is 0.480 e. The number of carbonyl (C=O) groups is 2. The molecule has 1 heterocycles. The van der Waals surface area contributed by atoms with Crippen molar-refractivity contribution in [3.05, 3.63) is 0 Å². The van der Waals surface area contributed by atoms with Gasteiger partial charge in [-0.2, -0.15) is 11.8 Å². The normalized spacial score (nSPS) is 21.3. The zero-order valence-electron chi connectivity index (χ0n) is 11.0. The van der Waals surface area contributed by atoms with Crippen molar-refractivity contribution in [2.75, 3.05) is 30.9 Å². The zero-order chi connectivity index (χ0) is 15.3. The number of aliphatic hydroxyl groups excluding tert-OH is 1. The van der Waals surface area contributed by atoms with Crippen LogP contribution < -0.4 is 5.32 Å². The molecule has 0 aliphatic carbocycles. The number of rotatable bonds is 5. The number of hydrogen-bond acceptors (Lipinski definition) is 6. The van der Waals surface area contributed by atoms with Crippen LogP contribution in [0.5, 0.6) is 0 Å². The highest BCUT2D eigenvalue weighted by molar-refractivity contribution is 8.00. The summed E-state index contributed by atoms with van der Waals surface area (Å²) in [4.78, 5) is 24.1. The van der Waals surface area contributed by atoms with Gasteiger partial charge in [-0.05, 0) is 0 Å².